The quantitative estimate of drug-likeness (QED) is 0.756. The minimum atomic E-state index is -0.443. The predicted octanol–water partition coefficient (Wildman–Crippen LogP) is 1.05. The second-order valence-electron chi connectivity index (χ2n) is 5.86. The van der Waals surface area contributed by atoms with Crippen LogP contribution in [0.4, 0.5) is 10.7 Å². The highest BCUT2D eigenvalue weighted by atomic mass is 32.1. The third-order valence-electron chi connectivity index (χ3n) is 4.03. The van der Waals surface area contributed by atoms with E-state index in [4.69, 9.17) is 16.2 Å². The normalized spacial score (nSPS) is 23.2. The smallest absolute Gasteiger partial charge is 0.260 e. The van der Waals surface area contributed by atoms with Crippen molar-refractivity contribution in [2.45, 2.75) is 24.9 Å². The van der Waals surface area contributed by atoms with Crippen molar-refractivity contribution in [3.63, 3.8) is 0 Å². The van der Waals surface area contributed by atoms with Gasteiger partial charge in [-0.05, 0) is 25.8 Å². The molecule has 0 aromatic carbocycles. The third kappa shape index (κ3) is 3.14. The number of rotatable bonds is 5. The first-order chi connectivity index (χ1) is 10.1. The molecule has 2 fully saturated rings. The largest absolute Gasteiger partial charge is 0.397 e. The molecule has 1 aromatic heterocycles. The molecule has 6 nitrogen and oxygen atoms in total. The lowest BCUT2D eigenvalue weighted by molar-refractivity contribution is -0.0116. The van der Waals surface area contributed by atoms with Crippen LogP contribution >= 0.6 is 11.3 Å². The van der Waals surface area contributed by atoms with Crippen LogP contribution in [0.1, 0.15) is 34.0 Å². The van der Waals surface area contributed by atoms with Gasteiger partial charge in [0, 0.05) is 25.2 Å². The van der Waals surface area contributed by atoms with Crippen LogP contribution in [0, 0.1) is 0 Å². The molecule has 0 radical (unpaired) electrons. The number of hydrogen-bond acceptors (Lipinski definition) is 6. The number of morpholine rings is 1. The summed E-state index contributed by atoms with van der Waals surface area (Å²) in [5, 5.41) is 4.41. The molecule has 1 saturated carbocycles. The summed E-state index contributed by atoms with van der Waals surface area (Å²) >= 11 is 1.37. The van der Waals surface area contributed by atoms with E-state index in [1.807, 2.05) is 0 Å². The zero-order valence-corrected chi connectivity index (χ0v) is 13.0. The van der Waals surface area contributed by atoms with Gasteiger partial charge in [-0.1, -0.05) is 0 Å². The van der Waals surface area contributed by atoms with Crippen LogP contribution in [0.25, 0.3) is 0 Å². The number of thiophene rings is 1. The molecule has 3 rings (SSSR count). The molecule has 116 valence electrons. The summed E-state index contributed by atoms with van der Waals surface area (Å²) in [4.78, 5) is 14.2. The highest BCUT2D eigenvalue weighted by molar-refractivity contribution is 7.18. The second kappa shape index (κ2) is 5.82. The van der Waals surface area contributed by atoms with Gasteiger partial charge in [-0.3, -0.25) is 4.79 Å². The SMILES string of the molecule is CN1CCOC(CNc2sc(C(N)=O)c(N)c2C2CC2)C1. The number of likely N-dealkylation sites (N-methyl/N-ethyl adjacent to an activating group) is 1. The standard InChI is InChI=1S/C14H22N4O2S/c1-18-4-5-20-9(7-18)6-17-14-10(8-2-3-8)11(15)12(21-14)13(16)19/h8-9,17H,2-7,15H2,1H3,(H2,16,19). The molecule has 1 atom stereocenters. The van der Waals surface area contributed by atoms with Crippen molar-refractivity contribution in [1.29, 1.82) is 0 Å². The van der Waals surface area contributed by atoms with Crippen LogP contribution in [0.5, 0.6) is 0 Å². The number of hydrogen-bond donors (Lipinski definition) is 3. The zero-order valence-electron chi connectivity index (χ0n) is 12.2. The van der Waals surface area contributed by atoms with E-state index in [2.05, 4.69) is 17.3 Å². The van der Waals surface area contributed by atoms with Gasteiger partial charge in [0.1, 0.15) is 4.88 Å². The Hall–Kier alpha value is -1.31. The summed E-state index contributed by atoms with van der Waals surface area (Å²) in [6.07, 6.45) is 2.43. The number of nitrogens with one attached hydrogen (secondary N) is 1. The van der Waals surface area contributed by atoms with Crippen molar-refractivity contribution >= 4 is 27.9 Å². The number of nitrogens with two attached hydrogens (primary N) is 2. The van der Waals surface area contributed by atoms with Gasteiger partial charge in [0.15, 0.2) is 0 Å². The Balaban J connectivity index is 1.72. The Morgan fingerprint density at radius 2 is 2.29 bits per heavy atom. The van der Waals surface area contributed by atoms with Gasteiger partial charge in [-0.25, -0.2) is 0 Å². The number of carbonyl (C=O) groups excluding carboxylic acids is 1. The van der Waals surface area contributed by atoms with E-state index < -0.39 is 5.91 Å². The van der Waals surface area contributed by atoms with Crippen LogP contribution in [0.15, 0.2) is 0 Å². The Labute approximate surface area is 128 Å². The monoisotopic (exact) mass is 310 g/mol. The highest BCUT2D eigenvalue weighted by Gasteiger charge is 2.32. The lowest BCUT2D eigenvalue weighted by Crippen LogP contribution is -2.43. The number of primary amides is 1. The zero-order chi connectivity index (χ0) is 15.0. The Morgan fingerprint density at radius 1 is 1.52 bits per heavy atom. The summed E-state index contributed by atoms with van der Waals surface area (Å²) in [5.41, 5.74) is 13.2. The highest BCUT2D eigenvalue weighted by Crippen LogP contribution is 2.50. The molecule has 1 amide bonds. The van der Waals surface area contributed by atoms with E-state index in [1.165, 1.54) is 11.3 Å². The molecular weight excluding hydrogens is 288 g/mol. The Kier molecular flexibility index (Phi) is 4.05. The van der Waals surface area contributed by atoms with Gasteiger partial charge in [0.05, 0.1) is 23.4 Å². The van der Waals surface area contributed by atoms with E-state index in [0.29, 0.717) is 16.5 Å². The maximum absolute atomic E-state index is 11.5. The van der Waals surface area contributed by atoms with Crippen LogP contribution in [0.2, 0.25) is 0 Å². The van der Waals surface area contributed by atoms with E-state index in [1.54, 1.807) is 0 Å². The molecule has 5 N–H and O–H groups in total. The molecule has 2 heterocycles. The maximum Gasteiger partial charge on any atom is 0.260 e. The van der Waals surface area contributed by atoms with Crippen molar-refractivity contribution in [2.24, 2.45) is 5.73 Å². The fourth-order valence-corrected chi connectivity index (χ4v) is 3.81. The number of carbonyl (C=O) groups is 1. The molecule has 1 unspecified atom stereocenters. The van der Waals surface area contributed by atoms with Gasteiger partial charge < -0.3 is 26.4 Å². The maximum atomic E-state index is 11.5. The van der Waals surface area contributed by atoms with Gasteiger partial charge in [-0.15, -0.1) is 11.3 Å². The van der Waals surface area contributed by atoms with Crippen LogP contribution in [-0.4, -0.2) is 50.2 Å². The van der Waals surface area contributed by atoms with Crippen LogP contribution in [-0.2, 0) is 4.74 Å². The molecule has 7 heteroatoms. The van der Waals surface area contributed by atoms with E-state index >= 15 is 0 Å². The van der Waals surface area contributed by atoms with E-state index in [-0.39, 0.29) is 6.10 Å². The second-order valence-corrected chi connectivity index (χ2v) is 6.88. The number of nitrogen functional groups attached to an aromatic ring is 1. The molecule has 1 saturated heterocycles. The lowest BCUT2D eigenvalue weighted by atomic mass is 10.1. The first-order valence-corrected chi connectivity index (χ1v) is 8.14. The number of nitrogens with zero attached hydrogens (tertiary/aromatic N) is 1. The average Bonchev–Trinajstić information content (AvgIpc) is 3.20. The summed E-state index contributed by atoms with van der Waals surface area (Å²) in [6, 6.07) is 0. The van der Waals surface area contributed by atoms with Crippen LogP contribution < -0.4 is 16.8 Å². The van der Waals surface area contributed by atoms with Gasteiger partial charge in [0.2, 0.25) is 0 Å². The molecule has 2 aliphatic rings. The lowest BCUT2D eigenvalue weighted by Gasteiger charge is -2.30. The van der Waals surface area contributed by atoms with E-state index in [0.717, 1.165) is 49.6 Å². The average molecular weight is 310 g/mol. The third-order valence-corrected chi connectivity index (χ3v) is 5.22. The van der Waals surface area contributed by atoms with Gasteiger partial charge in [-0.2, -0.15) is 0 Å². The van der Waals surface area contributed by atoms with Crippen molar-refractivity contribution in [3.05, 3.63) is 10.4 Å². The molecule has 1 aliphatic heterocycles. The minimum absolute atomic E-state index is 0.163. The summed E-state index contributed by atoms with van der Waals surface area (Å²) in [7, 11) is 2.10. The topological polar surface area (TPSA) is 93.6 Å². The van der Waals surface area contributed by atoms with Crippen molar-refractivity contribution < 1.29 is 9.53 Å². The van der Waals surface area contributed by atoms with Gasteiger partial charge >= 0.3 is 0 Å². The molecular formula is C14H22N4O2S. The summed E-state index contributed by atoms with van der Waals surface area (Å²) in [6.45, 7) is 3.37. The number of amides is 1. The number of anilines is 2. The summed E-state index contributed by atoms with van der Waals surface area (Å²) in [5.74, 6) is 0.0351. The first-order valence-electron chi connectivity index (χ1n) is 7.32. The van der Waals surface area contributed by atoms with Crippen molar-refractivity contribution in [2.75, 3.05) is 44.3 Å². The summed E-state index contributed by atoms with van der Waals surface area (Å²) < 4.78 is 5.75. The fourth-order valence-electron chi connectivity index (χ4n) is 2.75. The molecule has 21 heavy (non-hydrogen) atoms. The van der Waals surface area contributed by atoms with E-state index in [9.17, 15) is 4.79 Å². The molecule has 1 aliphatic carbocycles. The predicted molar refractivity (Wildman–Crippen MR) is 85.0 cm³/mol. The first kappa shape index (κ1) is 14.6. The molecule has 0 bridgehead atoms. The van der Waals surface area contributed by atoms with Crippen LogP contribution in [0.3, 0.4) is 0 Å². The minimum Gasteiger partial charge on any atom is -0.397 e. The Bertz CT molecular complexity index is 541. The van der Waals surface area contributed by atoms with Gasteiger partial charge in [0.25, 0.3) is 5.91 Å². The fraction of sp³-hybridized carbons (Fsp3) is 0.643. The van der Waals surface area contributed by atoms with Crippen molar-refractivity contribution in [3.8, 4) is 0 Å². The Morgan fingerprint density at radius 3 is 2.90 bits per heavy atom. The molecule has 1 aromatic rings. The molecule has 0 spiro atoms. The number of ether oxygens (including phenoxy) is 1. The van der Waals surface area contributed by atoms with Crippen molar-refractivity contribution in [1.82, 2.24) is 4.90 Å².